The zero-order valence-electron chi connectivity index (χ0n) is 11.7. The molecule has 2 heterocycles. The Morgan fingerprint density at radius 2 is 2.25 bits per heavy atom. The number of aromatic nitrogens is 4. The Labute approximate surface area is 117 Å². The SMILES string of the molecule is Cc1nccn1CCCN(C)c1cncc(C(N)=O)n1. The summed E-state index contributed by atoms with van der Waals surface area (Å²) in [4.78, 5) is 25.4. The molecule has 0 saturated carbocycles. The van der Waals surface area contributed by atoms with Crippen LogP contribution in [0.5, 0.6) is 0 Å². The third-order valence-electron chi connectivity index (χ3n) is 3.08. The van der Waals surface area contributed by atoms with Crippen LogP contribution in [0.25, 0.3) is 0 Å². The van der Waals surface area contributed by atoms with Crippen molar-refractivity contribution in [2.24, 2.45) is 5.73 Å². The van der Waals surface area contributed by atoms with Crippen molar-refractivity contribution >= 4 is 11.7 Å². The molecule has 2 aromatic heterocycles. The van der Waals surface area contributed by atoms with E-state index in [0.717, 1.165) is 25.3 Å². The number of aryl methyl sites for hydroxylation is 2. The summed E-state index contributed by atoms with van der Waals surface area (Å²) in [6, 6.07) is 0. The van der Waals surface area contributed by atoms with Crippen LogP contribution in [0.4, 0.5) is 5.82 Å². The van der Waals surface area contributed by atoms with Gasteiger partial charge < -0.3 is 15.2 Å². The van der Waals surface area contributed by atoms with Gasteiger partial charge in [0.2, 0.25) is 0 Å². The van der Waals surface area contributed by atoms with Gasteiger partial charge in [-0.1, -0.05) is 0 Å². The molecule has 0 aromatic carbocycles. The molecule has 0 aliphatic rings. The number of nitrogens with zero attached hydrogens (tertiary/aromatic N) is 5. The Hall–Kier alpha value is -2.44. The van der Waals surface area contributed by atoms with Crippen molar-refractivity contribution < 1.29 is 4.79 Å². The Balaban J connectivity index is 1.91. The second-order valence-electron chi connectivity index (χ2n) is 4.57. The van der Waals surface area contributed by atoms with Crippen molar-refractivity contribution in [3.8, 4) is 0 Å². The Kier molecular flexibility index (Phi) is 4.29. The molecule has 0 aliphatic heterocycles. The van der Waals surface area contributed by atoms with Crippen molar-refractivity contribution in [1.29, 1.82) is 0 Å². The summed E-state index contributed by atoms with van der Waals surface area (Å²) in [5, 5.41) is 0. The molecule has 0 spiro atoms. The van der Waals surface area contributed by atoms with Gasteiger partial charge in [-0.2, -0.15) is 0 Å². The van der Waals surface area contributed by atoms with E-state index >= 15 is 0 Å². The summed E-state index contributed by atoms with van der Waals surface area (Å²) in [6.45, 7) is 3.67. The molecule has 2 N–H and O–H groups in total. The van der Waals surface area contributed by atoms with Crippen molar-refractivity contribution in [3.05, 3.63) is 36.3 Å². The number of hydrogen-bond acceptors (Lipinski definition) is 5. The molecule has 2 rings (SSSR count). The molecule has 0 atom stereocenters. The first-order valence-electron chi connectivity index (χ1n) is 6.38. The Bertz CT molecular complexity index is 594. The topological polar surface area (TPSA) is 89.9 Å². The molecule has 0 bridgehead atoms. The maximum Gasteiger partial charge on any atom is 0.268 e. The van der Waals surface area contributed by atoms with Gasteiger partial charge in [0, 0.05) is 32.5 Å². The fourth-order valence-corrected chi connectivity index (χ4v) is 1.89. The number of anilines is 1. The second kappa shape index (κ2) is 6.14. The van der Waals surface area contributed by atoms with Crippen molar-refractivity contribution in [3.63, 3.8) is 0 Å². The second-order valence-corrected chi connectivity index (χ2v) is 4.57. The first-order chi connectivity index (χ1) is 9.58. The summed E-state index contributed by atoms with van der Waals surface area (Å²) in [6.07, 6.45) is 7.68. The number of primary amides is 1. The summed E-state index contributed by atoms with van der Waals surface area (Å²) in [7, 11) is 1.91. The van der Waals surface area contributed by atoms with Crippen LogP contribution >= 0.6 is 0 Å². The highest BCUT2D eigenvalue weighted by Crippen LogP contribution is 2.08. The van der Waals surface area contributed by atoms with Crippen molar-refractivity contribution in [1.82, 2.24) is 19.5 Å². The first kappa shape index (κ1) is 14.0. The molecule has 1 amide bonds. The number of rotatable bonds is 6. The lowest BCUT2D eigenvalue weighted by Gasteiger charge is -2.18. The van der Waals surface area contributed by atoms with Gasteiger partial charge in [0.15, 0.2) is 0 Å². The number of hydrogen-bond donors (Lipinski definition) is 1. The molecule has 20 heavy (non-hydrogen) atoms. The number of nitrogens with two attached hydrogens (primary N) is 1. The van der Waals surface area contributed by atoms with Crippen molar-refractivity contribution in [2.45, 2.75) is 19.9 Å². The maximum atomic E-state index is 11.1. The molecule has 0 unspecified atom stereocenters. The van der Waals surface area contributed by atoms with E-state index in [1.807, 2.05) is 25.1 Å². The van der Waals surface area contributed by atoms with E-state index in [9.17, 15) is 4.79 Å². The van der Waals surface area contributed by atoms with E-state index < -0.39 is 5.91 Å². The van der Waals surface area contributed by atoms with E-state index in [1.165, 1.54) is 6.20 Å². The van der Waals surface area contributed by atoms with Gasteiger partial charge in [-0.05, 0) is 13.3 Å². The lowest BCUT2D eigenvalue weighted by atomic mass is 10.3. The van der Waals surface area contributed by atoms with Crippen molar-refractivity contribution in [2.75, 3.05) is 18.5 Å². The highest BCUT2D eigenvalue weighted by Gasteiger charge is 2.08. The average Bonchev–Trinajstić information content (AvgIpc) is 2.84. The van der Waals surface area contributed by atoms with Crippen LogP contribution in [0.1, 0.15) is 22.7 Å². The van der Waals surface area contributed by atoms with Crippen LogP contribution in [0.15, 0.2) is 24.8 Å². The Morgan fingerprint density at radius 1 is 1.45 bits per heavy atom. The zero-order valence-corrected chi connectivity index (χ0v) is 11.7. The molecule has 7 heteroatoms. The van der Waals surface area contributed by atoms with Gasteiger partial charge in [0.05, 0.1) is 12.4 Å². The summed E-state index contributed by atoms with van der Waals surface area (Å²) in [5.41, 5.74) is 5.37. The highest BCUT2D eigenvalue weighted by molar-refractivity contribution is 5.90. The summed E-state index contributed by atoms with van der Waals surface area (Å²) in [5.74, 6) is 1.08. The predicted molar refractivity (Wildman–Crippen MR) is 75.4 cm³/mol. The monoisotopic (exact) mass is 274 g/mol. The average molecular weight is 274 g/mol. The predicted octanol–water partition coefficient (Wildman–Crippen LogP) is 0.607. The fourth-order valence-electron chi connectivity index (χ4n) is 1.89. The third-order valence-corrected chi connectivity index (χ3v) is 3.08. The zero-order chi connectivity index (χ0) is 14.5. The minimum Gasteiger partial charge on any atom is -0.364 e. The standard InChI is InChI=1S/C13H18N6O/c1-10-16-4-7-19(10)6-3-5-18(2)12-9-15-8-11(17-12)13(14)20/h4,7-9H,3,5-6H2,1-2H3,(H2,14,20). The lowest BCUT2D eigenvalue weighted by Crippen LogP contribution is -2.23. The smallest absolute Gasteiger partial charge is 0.268 e. The quantitative estimate of drug-likeness (QED) is 0.833. The van der Waals surface area contributed by atoms with Gasteiger partial charge in [0.1, 0.15) is 17.3 Å². The molecule has 0 saturated heterocycles. The molecular formula is C13H18N6O. The number of carbonyl (C=O) groups excluding carboxylic acids is 1. The van der Waals surface area contributed by atoms with Gasteiger partial charge in [-0.15, -0.1) is 0 Å². The van der Waals surface area contributed by atoms with E-state index in [-0.39, 0.29) is 5.69 Å². The van der Waals surface area contributed by atoms with Gasteiger partial charge in [0.25, 0.3) is 5.91 Å². The maximum absolute atomic E-state index is 11.1. The van der Waals surface area contributed by atoms with Crippen LogP contribution in [-0.4, -0.2) is 39.0 Å². The molecule has 0 fully saturated rings. The molecule has 106 valence electrons. The van der Waals surface area contributed by atoms with E-state index in [0.29, 0.717) is 5.82 Å². The van der Waals surface area contributed by atoms with Crippen LogP contribution in [0.3, 0.4) is 0 Å². The largest absolute Gasteiger partial charge is 0.364 e. The number of amides is 1. The van der Waals surface area contributed by atoms with Gasteiger partial charge in [-0.3, -0.25) is 9.78 Å². The lowest BCUT2D eigenvalue weighted by molar-refractivity contribution is 0.0995. The van der Waals surface area contributed by atoms with Crippen LogP contribution < -0.4 is 10.6 Å². The van der Waals surface area contributed by atoms with Crippen LogP contribution in [0.2, 0.25) is 0 Å². The third kappa shape index (κ3) is 3.31. The first-order valence-corrected chi connectivity index (χ1v) is 6.38. The number of carbonyl (C=O) groups is 1. The minimum atomic E-state index is -0.568. The molecule has 7 nitrogen and oxygen atoms in total. The molecule has 2 aromatic rings. The van der Waals surface area contributed by atoms with E-state index in [1.54, 1.807) is 12.4 Å². The van der Waals surface area contributed by atoms with Gasteiger partial charge >= 0.3 is 0 Å². The normalized spacial score (nSPS) is 10.5. The van der Waals surface area contributed by atoms with E-state index in [2.05, 4.69) is 19.5 Å². The van der Waals surface area contributed by atoms with Crippen LogP contribution in [-0.2, 0) is 6.54 Å². The summed E-state index contributed by atoms with van der Waals surface area (Å²) < 4.78 is 2.10. The van der Waals surface area contributed by atoms with E-state index in [4.69, 9.17) is 5.73 Å². The van der Waals surface area contributed by atoms with Crippen LogP contribution in [0, 0.1) is 6.92 Å². The fraction of sp³-hybridized carbons (Fsp3) is 0.385. The summed E-state index contributed by atoms with van der Waals surface area (Å²) >= 11 is 0. The highest BCUT2D eigenvalue weighted by atomic mass is 16.1. The number of imidazole rings is 1. The molecular weight excluding hydrogens is 256 g/mol. The van der Waals surface area contributed by atoms with Gasteiger partial charge in [-0.25, -0.2) is 9.97 Å². The minimum absolute atomic E-state index is 0.180. The Morgan fingerprint density at radius 3 is 2.90 bits per heavy atom. The molecule has 0 aliphatic carbocycles. The molecule has 0 radical (unpaired) electrons.